The van der Waals surface area contributed by atoms with E-state index in [0.29, 0.717) is 5.75 Å². The van der Waals surface area contributed by atoms with Crippen molar-refractivity contribution < 1.29 is 9.53 Å². The van der Waals surface area contributed by atoms with Gasteiger partial charge in [0, 0.05) is 10.1 Å². The SMILES string of the molecule is CC(C)(C)C(=O)Oc1ccc2c(Br)c(Br)sc2c1. The Morgan fingerprint density at radius 2 is 1.94 bits per heavy atom. The fraction of sp³-hybridized carbons (Fsp3) is 0.308. The van der Waals surface area contributed by atoms with E-state index >= 15 is 0 Å². The van der Waals surface area contributed by atoms with E-state index in [2.05, 4.69) is 31.9 Å². The van der Waals surface area contributed by atoms with Gasteiger partial charge in [-0.05, 0) is 70.8 Å². The average molecular weight is 392 g/mol. The molecule has 1 heterocycles. The molecule has 96 valence electrons. The number of fused-ring (bicyclic) bond motifs is 1. The van der Waals surface area contributed by atoms with E-state index in [9.17, 15) is 4.79 Å². The fourth-order valence-corrected chi connectivity index (χ4v) is 3.64. The molecule has 0 radical (unpaired) electrons. The van der Waals surface area contributed by atoms with Crippen molar-refractivity contribution in [3.63, 3.8) is 0 Å². The first kappa shape index (κ1) is 14.0. The highest BCUT2D eigenvalue weighted by atomic mass is 79.9. The van der Waals surface area contributed by atoms with Gasteiger partial charge in [-0.2, -0.15) is 0 Å². The Kier molecular flexibility index (Phi) is 3.85. The van der Waals surface area contributed by atoms with Crippen molar-refractivity contribution in [1.29, 1.82) is 0 Å². The molecule has 2 rings (SSSR count). The largest absolute Gasteiger partial charge is 0.426 e. The molecule has 1 aromatic carbocycles. The first-order valence-electron chi connectivity index (χ1n) is 5.39. The van der Waals surface area contributed by atoms with Gasteiger partial charge < -0.3 is 4.74 Å². The summed E-state index contributed by atoms with van der Waals surface area (Å²) in [7, 11) is 0. The fourth-order valence-electron chi connectivity index (χ4n) is 1.34. The predicted octanol–water partition coefficient (Wildman–Crippen LogP) is 5.38. The van der Waals surface area contributed by atoms with Crippen molar-refractivity contribution in [1.82, 2.24) is 0 Å². The van der Waals surface area contributed by atoms with Crippen molar-refractivity contribution in [2.75, 3.05) is 0 Å². The standard InChI is InChI=1S/C13H12Br2O2S/c1-13(2,3)12(16)17-7-4-5-8-9(6-7)18-11(15)10(8)14/h4-6H,1-3H3. The van der Waals surface area contributed by atoms with Crippen LogP contribution in [0, 0.1) is 5.41 Å². The second-order valence-electron chi connectivity index (χ2n) is 4.99. The lowest BCUT2D eigenvalue weighted by Gasteiger charge is -2.16. The number of hydrogen-bond donors (Lipinski definition) is 0. The van der Waals surface area contributed by atoms with Crippen molar-refractivity contribution in [2.45, 2.75) is 20.8 Å². The van der Waals surface area contributed by atoms with Gasteiger partial charge in [0.2, 0.25) is 0 Å². The number of halogens is 2. The minimum absolute atomic E-state index is 0.225. The van der Waals surface area contributed by atoms with E-state index in [1.807, 2.05) is 39.0 Å². The van der Waals surface area contributed by atoms with Gasteiger partial charge in [0.1, 0.15) is 5.75 Å². The number of carbonyl (C=O) groups is 1. The number of ether oxygens (including phenoxy) is 1. The predicted molar refractivity (Wildman–Crippen MR) is 82.3 cm³/mol. The first-order valence-corrected chi connectivity index (χ1v) is 7.79. The average Bonchev–Trinajstić information content (AvgIpc) is 2.53. The van der Waals surface area contributed by atoms with E-state index in [1.54, 1.807) is 11.3 Å². The number of hydrogen-bond acceptors (Lipinski definition) is 3. The zero-order valence-corrected chi connectivity index (χ0v) is 14.2. The Balaban J connectivity index is 2.34. The van der Waals surface area contributed by atoms with Crippen molar-refractivity contribution in [2.24, 2.45) is 5.41 Å². The van der Waals surface area contributed by atoms with E-state index < -0.39 is 5.41 Å². The Bertz CT molecular complexity index is 611. The third-order valence-corrected chi connectivity index (χ3v) is 5.83. The molecule has 0 aliphatic rings. The Morgan fingerprint density at radius 1 is 1.28 bits per heavy atom. The van der Waals surface area contributed by atoms with Gasteiger partial charge >= 0.3 is 5.97 Å². The third-order valence-electron chi connectivity index (χ3n) is 2.38. The molecule has 2 nitrogen and oxygen atoms in total. The summed E-state index contributed by atoms with van der Waals surface area (Å²) in [5.74, 6) is 0.361. The van der Waals surface area contributed by atoms with Crippen LogP contribution in [0.25, 0.3) is 10.1 Å². The monoisotopic (exact) mass is 390 g/mol. The molecule has 0 amide bonds. The first-order chi connectivity index (χ1) is 8.29. The Hall–Kier alpha value is -0.390. The van der Waals surface area contributed by atoms with Crippen LogP contribution in [0.3, 0.4) is 0 Å². The van der Waals surface area contributed by atoms with Gasteiger partial charge in [0.05, 0.1) is 13.7 Å². The zero-order valence-electron chi connectivity index (χ0n) is 10.2. The molecule has 1 aromatic heterocycles. The minimum atomic E-state index is -0.494. The molecule has 0 bridgehead atoms. The van der Waals surface area contributed by atoms with Gasteiger partial charge in [-0.15, -0.1) is 11.3 Å². The molecule has 0 saturated carbocycles. The number of thiophene rings is 1. The normalized spacial score (nSPS) is 11.8. The maximum absolute atomic E-state index is 11.8. The van der Waals surface area contributed by atoms with Crippen LogP contribution in [0.15, 0.2) is 26.5 Å². The maximum Gasteiger partial charge on any atom is 0.316 e. The highest BCUT2D eigenvalue weighted by molar-refractivity contribution is 9.13. The molecule has 0 atom stereocenters. The Labute approximate surface area is 127 Å². The van der Waals surface area contributed by atoms with E-state index in [-0.39, 0.29) is 5.97 Å². The van der Waals surface area contributed by atoms with Crippen LogP contribution >= 0.6 is 43.2 Å². The lowest BCUT2D eigenvalue weighted by atomic mass is 9.97. The number of esters is 1. The molecule has 18 heavy (non-hydrogen) atoms. The Morgan fingerprint density at radius 3 is 2.56 bits per heavy atom. The van der Waals surface area contributed by atoms with Gasteiger partial charge in [0.25, 0.3) is 0 Å². The van der Waals surface area contributed by atoms with Crippen molar-refractivity contribution >= 4 is 59.3 Å². The summed E-state index contributed by atoms with van der Waals surface area (Å²) in [6.45, 7) is 5.52. The quantitative estimate of drug-likeness (QED) is 0.482. The molecule has 2 aromatic rings. The van der Waals surface area contributed by atoms with E-state index in [1.165, 1.54) is 0 Å². The molecular weight excluding hydrogens is 380 g/mol. The molecule has 0 fully saturated rings. The van der Waals surface area contributed by atoms with Crippen LogP contribution in [0.5, 0.6) is 5.75 Å². The lowest BCUT2D eigenvalue weighted by Crippen LogP contribution is -2.25. The van der Waals surface area contributed by atoms with Crippen molar-refractivity contribution in [3.8, 4) is 5.75 Å². The lowest BCUT2D eigenvalue weighted by molar-refractivity contribution is -0.142. The molecule has 0 aliphatic heterocycles. The zero-order chi connectivity index (χ0) is 13.5. The van der Waals surface area contributed by atoms with Crippen LogP contribution in [-0.4, -0.2) is 5.97 Å². The van der Waals surface area contributed by atoms with Crippen molar-refractivity contribution in [3.05, 3.63) is 26.5 Å². The van der Waals surface area contributed by atoms with Crippen LogP contribution < -0.4 is 4.74 Å². The summed E-state index contributed by atoms with van der Waals surface area (Å²) in [5, 5.41) is 1.11. The highest BCUT2D eigenvalue weighted by Gasteiger charge is 2.23. The summed E-state index contributed by atoms with van der Waals surface area (Å²) in [5.41, 5.74) is -0.494. The second-order valence-corrected chi connectivity index (χ2v) is 8.15. The van der Waals surface area contributed by atoms with Gasteiger partial charge in [-0.3, -0.25) is 4.79 Å². The van der Waals surface area contributed by atoms with Gasteiger partial charge in [0.15, 0.2) is 0 Å². The molecule has 0 saturated heterocycles. The smallest absolute Gasteiger partial charge is 0.316 e. The maximum atomic E-state index is 11.8. The molecule has 5 heteroatoms. The molecule has 0 aliphatic carbocycles. The summed E-state index contributed by atoms with van der Waals surface area (Å²) in [6.07, 6.45) is 0. The topological polar surface area (TPSA) is 26.3 Å². The van der Waals surface area contributed by atoms with Crippen LogP contribution in [0.2, 0.25) is 0 Å². The van der Waals surface area contributed by atoms with E-state index in [0.717, 1.165) is 18.3 Å². The molecule has 0 N–H and O–H groups in total. The molecule has 0 spiro atoms. The van der Waals surface area contributed by atoms with Crippen LogP contribution in [-0.2, 0) is 4.79 Å². The molecular formula is C13H12Br2O2S. The minimum Gasteiger partial charge on any atom is -0.426 e. The highest BCUT2D eigenvalue weighted by Crippen LogP contribution is 2.40. The van der Waals surface area contributed by atoms with Gasteiger partial charge in [-0.1, -0.05) is 0 Å². The third kappa shape index (κ3) is 2.78. The van der Waals surface area contributed by atoms with Crippen LogP contribution in [0.4, 0.5) is 0 Å². The summed E-state index contributed by atoms with van der Waals surface area (Å²) in [4.78, 5) is 11.8. The van der Waals surface area contributed by atoms with E-state index in [4.69, 9.17) is 4.74 Å². The summed E-state index contributed by atoms with van der Waals surface area (Å²) >= 11 is 8.60. The number of benzene rings is 1. The number of carbonyl (C=O) groups excluding carboxylic acids is 1. The van der Waals surface area contributed by atoms with Gasteiger partial charge in [-0.25, -0.2) is 0 Å². The summed E-state index contributed by atoms with van der Waals surface area (Å²) < 4.78 is 8.53. The number of rotatable bonds is 1. The summed E-state index contributed by atoms with van der Waals surface area (Å²) in [6, 6.07) is 5.65. The van der Waals surface area contributed by atoms with Crippen LogP contribution in [0.1, 0.15) is 20.8 Å². The molecule has 0 unspecified atom stereocenters. The second kappa shape index (κ2) is 4.94.